The summed E-state index contributed by atoms with van der Waals surface area (Å²) in [6.45, 7) is 14.0. The SMILES string of the molecule is [CH-]=C.[CH-]=C.[CH3-].[CH3-].[CH3-].[CH3-].[Cr].[Pt]. The first-order valence-corrected chi connectivity index (χ1v) is 0.816. The molecule has 2 heteroatoms. The maximum atomic E-state index is 4.25. The topological polar surface area (TPSA) is 0 Å². The largest absolute Gasteiger partial charge is 0.521 e. The Kier molecular flexibility index (Phi) is 20600. The summed E-state index contributed by atoms with van der Waals surface area (Å²) < 4.78 is 0. The molecule has 0 spiro atoms. The van der Waals surface area contributed by atoms with Crippen LogP contribution in [-0.4, -0.2) is 0 Å². The van der Waals surface area contributed by atoms with Crippen LogP contribution in [0.5, 0.6) is 0 Å². The van der Waals surface area contributed by atoms with E-state index < -0.39 is 0 Å². The third-order valence-electron chi connectivity index (χ3n) is 0. The third kappa shape index (κ3) is 1050. The minimum atomic E-state index is 0. The third-order valence-corrected chi connectivity index (χ3v) is 0. The molecule has 0 fully saturated rings. The second-order valence-corrected chi connectivity index (χ2v) is 0. The van der Waals surface area contributed by atoms with Gasteiger partial charge in [0.1, 0.15) is 0 Å². The van der Waals surface area contributed by atoms with E-state index in [0.29, 0.717) is 0 Å². The van der Waals surface area contributed by atoms with Crippen LogP contribution in [0.3, 0.4) is 0 Å². The Morgan fingerprint density at radius 3 is 0.600 bits per heavy atom. The summed E-state index contributed by atoms with van der Waals surface area (Å²) in [4.78, 5) is 0. The summed E-state index contributed by atoms with van der Waals surface area (Å²) in [5, 5.41) is 0. The number of hydrogen-bond donors (Lipinski definition) is 0. The van der Waals surface area contributed by atoms with E-state index in [-0.39, 0.29) is 68.1 Å². The van der Waals surface area contributed by atoms with Crippen LogP contribution in [0.25, 0.3) is 0 Å². The first-order valence-electron chi connectivity index (χ1n) is 0.816. The van der Waals surface area contributed by atoms with Gasteiger partial charge in [-0.05, 0) is 0 Å². The smallest absolute Gasteiger partial charge is 0 e. The summed E-state index contributed by atoms with van der Waals surface area (Å²) in [5.74, 6) is 0. The van der Waals surface area contributed by atoms with Crippen molar-refractivity contribution in [3.05, 3.63) is 56.0 Å². The van der Waals surface area contributed by atoms with Gasteiger partial charge in [0.05, 0.1) is 0 Å². The maximum Gasteiger partial charge on any atom is 0 e. The van der Waals surface area contributed by atoms with Crippen LogP contribution in [0.4, 0.5) is 0 Å². The van der Waals surface area contributed by atoms with Gasteiger partial charge >= 0.3 is 0 Å². The molecule has 0 aliphatic carbocycles. The van der Waals surface area contributed by atoms with Crippen LogP contribution in [0, 0.1) is 42.9 Å². The molecule has 0 bridgehead atoms. The van der Waals surface area contributed by atoms with Crippen LogP contribution in [0.2, 0.25) is 0 Å². The van der Waals surface area contributed by atoms with E-state index in [1.807, 2.05) is 0 Å². The zero-order valence-electron chi connectivity index (χ0n) is 7.29. The molecule has 0 amide bonds. The molecule has 0 aliphatic heterocycles. The zero-order chi connectivity index (χ0) is 4.00. The van der Waals surface area contributed by atoms with Gasteiger partial charge < -0.3 is 42.9 Å². The molecule has 0 rings (SSSR count). The average molecular weight is 361 g/mol. The van der Waals surface area contributed by atoms with E-state index in [9.17, 15) is 0 Å². The molecule has 0 aromatic heterocycles. The van der Waals surface area contributed by atoms with Crippen LogP contribution < -0.4 is 0 Å². The van der Waals surface area contributed by atoms with Crippen LogP contribution >= 0.6 is 0 Å². The normalized spacial score (nSPS) is 0.800. The Labute approximate surface area is 94.2 Å². The molecule has 10 heavy (non-hydrogen) atoms. The monoisotopic (exact) mass is 361 g/mol. The fraction of sp³-hybridized carbons (Fsp3) is 0. The molecule has 0 aromatic carbocycles. The van der Waals surface area contributed by atoms with Crippen molar-refractivity contribution < 1.29 is 38.4 Å². The van der Waals surface area contributed by atoms with E-state index >= 15 is 0 Å². The molecule has 0 N–H and O–H groups in total. The molecule has 0 saturated carbocycles. The molecule has 0 unspecified atom stereocenters. The van der Waals surface area contributed by atoms with Crippen molar-refractivity contribution in [2.24, 2.45) is 0 Å². The number of rotatable bonds is 0. The van der Waals surface area contributed by atoms with Gasteiger partial charge in [0, 0.05) is 38.4 Å². The van der Waals surface area contributed by atoms with Crippen LogP contribution in [0.15, 0.2) is 13.2 Å². The van der Waals surface area contributed by atoms with Gasteiger partial charge in [0.25, 0.3) is 0 Å². The molecular formula is C8H18CrPt-6. The van der Waals surface area contributed by atoms with Gasteiger partial charge in [-0.1, -0.05) is 0 Å². The van der Waals surface area contributed by atoms with E-state index in [4.69, 9.17) is 0 Å². The fourth-order valence-electron chi connectivity index (χ4n) is 0. The summed E-state index contributed by atoms with van der Waals surface area (Å²) in [6, 6.07) is 0. The summed E-state index contributed by atoms with van der Waals surface area (Å²) >= 11 is 0. The molecule has 72 valence electrons. The predicted octanol–water partition coefficient (Wildman–Crippen LogP) is 3.01. The van der Waals surface area contributed by atoms with Gasteiger partial charge in [0.2, 0.25) is 0 Å². The van der Waals surface area contributed by atoms with Gasteiger partial charge in [-0.2, -0.15) is 0 Å². The van der Waals surface area contributed by atoms with Crippen LogP contribution in [-0.2, 0) is 38.4 Å². The average Bonchev–Trinajstić information content (AvgIpc) is 1.50. The molecule has 0 radical (unpaired) electrons. The zero-order valence-corrected chi connectivity index (χ0v) is 10.8. The molecule has 0 atom stereocenters. The van der Waals surface area contributed by atoms with Crippen molar-refractivity contribution in [2.75, 3.05) is 0 Å². The first kappa shape index (κ1) is 138. The molecule has 0 nitrogen and oxygen atoms in total. The minimum absolute atomic E-state index is 0. The van der Waals surface area contributed by atoms with Gasteiger partial charge in [-0.3, -0.25) is 13.2 Å². The molecule has 0 aromatic rings. The summed E-state index contributed by atoms with van der Waals surface area (Å²) in [7, 11) is 0. The van der Waals surface area contributed by atoms with Crippen molar-refractivity contribution in [3.8, 4) is 0 Å². The molecule has 0 aliphatic rings. The van der Waals surface area contributed by atoms with Crippen molar-refractivity contribution in [3.63, 3.8) is 0 Å². The minimum Gasteiger partial charge on any atom is -0.521 e. The molecule has 0 heterocycles. The van der Waals surface area contributed by atoms with Crippen molar-refractivity contribution in [1.29, 1.82) is 0 Å². The summed E-state index contributed by atoms with van der Waals surface area (Å²) in [5.41, 5.74) is 0. The second-order valence-electron chi connectivity index (χ2n) is 0. The van der Waals surface area contributed by atoms with Crippen molar-refractivity contribution >= 4 is 0 Å². The van der Waals surface area contributed by atoms with Crippen LogP contribution in [0.1, 0.15) is 0 Å². The Bertz CT molecular complexity index is 11.2. The second kappa shape index (κ2) is 1500. The van der Waals surface area contributed by atoms with Gasteiger partial charge in [-0.15, -0.1) is 0 Å². The maximum absolute atomic E-state index is 4.25. The first-order chi connectivity index (χ1) is 2.00. The fourth-order valence-corrected chi connectivity index (χ4v) is 0. The Morgan fingerprint density at radius 2 is 0.600 bits per heavy atom. The quantitative estimate of drug-likeness (QED) is 0.582. The Balaban J connectivity index is -0.000000000833. The Morgan fingerprint density at radius 1 is 0.600 bits per heavy atom. The van der Waals surface area contributed by atoms with Gasteiger partial charge in [0.15, 0.2) is 0 Å². The summed E-state index contributed by atoms with van der Waals surface area (Å²) in [6.07, 6.45) is 0. The van der Waals surface area contributed by atoms with E-state index in [0.717, 1.165) is 0 Å². The Hall–Kier alpha value is 0.701. The van der Waals surface area contributed by atoms with Crippen molar-refractivity contribution in [1.82, 2.24) is 0 Å². The number of hydrogen-bond acceptors (Lipinski definition) is 0. The molecular weight excluding hydrogens is 343 g/mol. The van der Waals surface area contributed by atoms with Gasteiger partial charge in [-0.25, -0.2) is 0 Å². The van der Waals surface area contributed by atoms with E-state index in [1.54, 1.807) is 0 Å². The van der Waals surface area contributed by atoms with Crippen molar-refractivity contribution in [2.45, 2.75) is 0 Å². The molecule has 0 saturated heterocycles. The predicted molar refractivity (Wildman–Crippen MR) is 45.5 cm³/mol. The van der Waals surface area contributed by atoms with E-state index in [1.165, 1.54) is 0 Å². The van der Waals surface area contributed by atoms with E-state index in [2.05, 4.69) is 26.3 Å². The standard InChI is InChI=1S/2C2H3.4CH3.Cr.Pt/c2*1-2;;;;;;/h2*1H,2H2;4*1H3;;/q6*-1;;.